The molecule has 0 aliphatic carbocycles. The summed E-state index contributed by atoms with van der Waals surface area (Å²) in [5.74, 6) is 0.945. The second-order valence-electron chi connectivity index (χ2n) is 8.14. The molecule has 6 nitrogen and oxygen atoms in total. The van der Waals surface area contributed by atoms with E-state index in [9.17, 15) is 4.79 Å². The molecule has 0 radical (unpaired) electrons. The Morgan fingerprint density at radius 3 is 2.49 bits per heavy atom. The topological polar surface area (TPSA) is 72.7 Å². The Morgan fingerprint density at radius 2 is 1.69 bits per heavy atom. The van der Waals surface area contributed by atoms with E-state index in [4.69, 9.17) is 4.98 Å². The number of pyridine rings is 1. The molecule has 0 atom stereocenters. The van der Waals surface area contributed by atoms with Gasteiger partial charge in [0.05, 0.1) is 17.0 Å². The Bertz CT molecular complexity index is 1500. The van der Waals surface area contributed by atoms with Crippen LogP contribution in [0.1, 0.15) is 12.5 Å². The molecule has 0 saturated carbocycles. The second-order valence-corrected chi connectivity index (χ2v) is 9.08. The molecule has 5 aromatic rings. The minimum atomic E-state index is -0.0720. The molecule has 0 aliphatic rings. The van der Waals surface area contributed by atoms with Gasteiger partial charge in [-0.15, -0.1) is 10.2 Å². The zero-order chi connectivity index (χ0) is 24.2. The molecular formula is C28H25N5OS. The molecule has 1 amide bonds. The molecule has 0 spiro atoms. The molecule has 3 aromatic carbocycles. The Hall–Kier alpha value is -3.97. The second kappa shape index (κ2) is 10.1. The lowest BCUT2D eigenvalue weighted by Crippen LogP contribution is -2.15. The fourth-order valence-corrected chi connectivity index (χ4v) is 4.83. The minimum absolute atomic E-state index is 0.0720. The molecule has 5 rings (SSSR count). The summed E-state index contributed by atoms with van der Waals surface area (Å²) in [7, 11) is 0. The van der Waals surface area contributed by atoms with Crippen molar-refractivity contribution in [1.29, 1.82) is 0 Å². The van der Waals surface area contributed by atoms with Crippen molar-refractivity contribution in [3.05, 3.63) is 90.5 Å². The molecule has 2 heterocycles. The van der Waals surface area contributed by atoms with Gasteiger partial charge in [0.25, 0.3) is 0 Å². The van der Waals surface area contributed by atoms with Crippen molar-refractivity contribution in [2.75, 3.05) is 11.1 Å². The van der Waals surface area contributed by atoms with E-state index in [0.29, 0.717) is 11.7 Å². The summed E-state index contributed by atoms with van der Waals surface area (Å²) in [6.07, 6.45) is 0. The fourth-order valence-electron chi connectivity index (χ4n) is 4.03. The number of anilines is 1. The molecular weight excluding hydrogens is 454 g/mol. The van der Waals surface area contributed by atoms with Crippen LogP contribution in [0.2, 0.25) is 0 Å². The van der Waals surface area contributed by atoms with Crippen LogP contribution in [-0.2, 0) is 11.3 Å². The number of amides is 1. The Morgan fingerprint density at radius 1 is 0.943 bits per heavy atom. The quantitative estimate of drug-likeness (QED) is 0.281. The first kappa shape index (κ1) is 22.8. The smallest absolute Gasteiger partial charge is 0.234 e. The first-order chi connectivity index (χ1) is 17.1. The third kappa shape index (κ3) is 4.81. The van der Waals surface area contributed by atoms with Gasteiger partial charge in [-0.2, -0.15) is 0 Å². The zero-order valence-corrected chi connectivity index (χ0v) is 20.4. The maximum absolute atomic E-state index is 12.6. The summed E-state index contributed by atoms with van der Waals surface area (Å²) in [4.78, 5) is 17.5. The van der Waals surface area contributed by atoms with Gasteiger partial charge >= 0.3 is 0 Å². The molecule has 0 unspecified atom stereocenters. The van der Waals surface area contributed by atoms with Crippen LogP contribution in [-0.4, -0.2) is 31.4 Å². The van der Waals surface area contributed by atoms with Gasteiger partial charge in [0.2, 0.25) is 5.91 Å². The van der Waals surface area contributed by atoms with Crippen LogP contribution in [0, 0.1) is 6.92 Å². The Balaban J connectivity index is 1.46. The summed E-state index contributed by atoms with van der Waals surface area (Å²) in [5.41, 5.74) is 5.67. The maximum Gasteiger partial charge on any atom is 0.234 e. The predicted molar refractivity (Wildman–Crippen MR) is 142 cm³/mol. The van der Waals surface area contributed by atoms with E-state index in [0.717, 1.165) is 44.8 Å². The molecule has 0 saturated heterocycles. The van der Waals surface area contributed by atoms with Crippen LogP contribution in [0.25, 0.3) is 33.5 Å². The highest BCUT2D eigenvalue weighted by Crippen LogP contribution is 2.33. The number of nitrogens with one attached hydrogen (secondary N) is 1. The largest absolute Gasteiger partial charge is 0.325 e. The van der Waals surface area contributed by atoms with Gasteiger partial charge in [0.15, 0.2) is 11.0 Å². The number of hydrogen-bond acceptors (Lipinski definition) is 5. The zero-order valence-electron chi connectivity index (χ0n) is 19.6. The highest BCUT2D eigenvalue weighted by molar-refractivity contribution is 7.99. The summed E-state index contributed by atoms with van der Waals surface area (Å²) < 4.78 is 2.06. The molecule has 2 aromatic heterocycles. The predicted octanol–water partition coefficient (Wildman–Crippen LogP) is 6.22. The Labute approximate surface area is 208 Å². The van der Waals surface area contributed by atoms with E-state index in [1.165, 1.54) is 11.8 Å². The van der Waals surface area contributed by atoms with Crippen LogP contribution >= 0.6 is 11.8 Å². The molecule has 174 valence electrons. The lowest BCUT2D eigenvalue weighted by Gasteiger charge is -2.12. The van der Waals surface area contributed by atoms with Crippen molar-refractivity contribution in [2.45, 2.75) is 25.5 Å². The first-order valence-electron chi connectivity index (χ1n) is 11.5. The fraction of sp³-hybridized carbons (Fsp3) is 0.143. The van der Waals surface area contributed by atoms with Gasteiger partial charge in [-0.05, 0) is 37.6 Å². The van der Waals surface area contributed by atoms with Gasteiger partial charge in [-0.3, -0.25) is 4.79 Å². The molecule has 7 heteroatoms. The van der Waals surface area contributed by atoms with E-state index in [2.05, 4.69) is 51.3 Å². The number of para-hydroxylation sites is 2. The number of hydrogen-bond donors (Lipinski definition) is 1. The van der Waals surface area contributed by atoms with Gasteiger partial charge in [-0.1, -0.05) is 78.5 Å². The number of thioether (sulfide) groups is 1. The van der Waals surface area contributed by atoms with Crippen molar-refractivity contribution < 1.29 is 4.79 Å². The number of rotatable bonds is 7. The van der Waals surface area contributed by atoms with E-state index < -0.39 is 0 Å². The lowest BCUT2D eigenvalue weighted by molar-refractivity contribution is -0.113. The normalized spacial score (nSPS) is 11.0. The first-order valence-corrected chi connectivity index (χ1v) is 12.5. The summed E-state index contributed by atoms with van der Waals surface area (Å²) in [6.45, 7) is 4.72. The monoisotopic (exact) mass is 479 g/mol. The minimum Gasteiger partial charge on any atom is -0.325 e. The standard InChI is InChI=1S/C28H25N5OS/c1-3-33-27(31-32-28(33)35-18-26(34)30-23-15-9-7-11-19(23)2)22-17-25(20-12-5-4-6-13-20)29-24-16-10-8-14-21(22)24/h4-17H,3,18H2,1-2H3,(H,30,34). The van der Waals surface area contributed by atoms with Crippen molar-refractivity contribution in [1.82, 2.24) is 19.7 Å². The highest BCUT2D eigenvalue weighted by atomic mass is 32.2. The number of benzene rings is 3. The van der Waals surface area contributed by atoms with Crippen LogP contribution < -0.4 is 5.32 Å². The number of aryl methyl sites for hydroxylation is 1. The maximum atomic E-state index is 12.6. The van der Waals surface area contributed by atoms with Crippen LogP contribution in [0.4, 0.5) is 5.69 Å². The van der Waals surface area contributed by atoms with Crippen LogP contribution in [0.5, 0.6) is 0 Å². The van der Waals surface area contributed by atoms with Crippen molar-refractivity contribution in [3.63, 3.8) is 0 Å². The van der Waals surface area contributed by atoms with E-state index >= 15 is 0 Å². The van der Waals surface area contributed by atoms with Gasteiger partial charge in [0, 0.05) is 28.7 Å². The molecule has 0 bridgehead atoms. The molecule has 35 heavy (non-hydrogen) atoms. The molecule has 0 fully saturated rings. The van der Waals surface area contributed by atoms with Crippen LogP contribution in [0.3, 0.4) is 0 Å². The number of carbonyl (C=O) groups excluding carboxylic acids is 1. The number of aromatic nitrogens is 4. The summed E-state index contributed by atoms with van der Waals surface area (Å²) in [5, 5.41) is 13.7. The van der Waals surface area contributed by atoms with Gasteiger partial charge in [-0.25, -0.2) is 4.98 Å². The van der Waals surface area contributed by atoms with Gasteiger partial charge < -0.3 is 9.88 Å². The van der Waals surface area contributed by atoms with E-state index in [1.807, 2.05) is 67.6 Å². The number of carbonyl (C=O) groups is 1. The van der Waals surface area contributed by atoms with Crippen molar-refractivity contribution in [2.24, 2.45) is 0 Å². The SMILES string of the molecule is CCn1c(SCC(=O)Nc2ccccc2C)nnc1-c1cc(-c2ccccc2)nc2ccccc12. The highest BCUT2D eigenvalue weighted by Gasteiger charge is 2.18. The number of fused-ring (bicyclic) bond motifs is 1. The van der Waals surface area contributed by atoms with Gasteiger partial charge in [0.1, 0.15) is 0 Å². The van der Waals surface area contributed by atoms with Crippen molar-refractivity contribution >= 4 is 34.3 Å². The molecule has 1 N–H and O–H groups in total. The molecule has 0 aliphatic heterocycles. The lowest BCUT2D eigenvalue weighted by atomic mass is 10.0. The third-order valence-corrected chi connectivity index (χ3v) is 6.78. The average Bonchev–Trinajstić information content (AvgIpc) is 3.31. The van der Waals surface area contributed by atoms with Crippen molar-refractivity contribution in [3.8, 4) is 22.6 Å². The van der Waals surface area contributed by atoms with Crippen LogP contribution in [0.15, 0.2) is 90.1 Å². The summed E-state index contributed by atoms with van der Waals surface area (Å²) >= 11 is 1.39. The average molecular weight is 480 g/mol. The summed E-state index contributed by atoms with van der Waals surface area (Å²) in [6, 6.07) is 28.0. The Kier molecular flexibility index (Phi) is 6.59. The van der Waals surface area contributed by atoms with E-state index in [-0.39, 0.29) is 11.7 Å². The third-order valence-electron chi connectivity index (χ3n) is 5.81. The van der Waals surface area contributed by atoms with E-state index in [1.54, 1.807) is 0 Å². The number of nitrogens with zero attached hydrogens (tertiary/aromatic N) is 4.